The molecule has 0 bridgehead atoms. The third kappa shape index (κ3) is 1.54. The molecule has 0 spiro atoms. The zero-order valence-electron chi connectivity index (χ0n) is 6.09. The topological polar surface area (TPSA) is 12.9 Å². The summed E-state index contributed by atoms with van der Waals surface area (Å²) in [6, 6.07) is 7.81. The van der Waals surface area contributed by atoms with Gasteiger partial charge in [-0.15, -0.1) is 0 Å². The molecule has 1 heterocycles. The molecule has 0 atom stereocenters. The van der Waals surface area contributed by atoms with Crippen LogP contribution in [0.25, 0.3) is 10.9 Å². The van der Waals surface area contributed by atoms with Gasteiger partial charge in [0.25, 0.3) is 0 Å². The highest BCUT2D eigenvalue weighted by molar-refractivity contribution is 14.1. The van der Waals surface area contributed by atoms with E-state index in [1.807, 2.05) is 24.4 Å². The van der Waals surface area contributed by atoms with Crippen molar-refractivity contribution in [3.63, 3.8) is 0 Å². The Morgan fingerprint density at radius 1 is 1.25 bits per heavy atom. The monoisotopic (exact) mass is 289 g/mol. The maximum absolute atomic E-state index is 5.82. The van der Waals surface area contributed by atoms with E-state index in [4.69, 9.17) is 11.6 Å². The molecule has 0 N–H and O–H groups in total. The zero-order chi connectivity index (χ0) is 8.55. The summed E-state index contributed by atoms with van der Waals surface area (Å²) in [5.74, 6) is 0. The highest BCUT2D eigenvalue weighted by Gasteiger charge is 1.95. The van der Waals surface area contributed by atoms with Gasteiger partial charge in [0.15, 0.2) is 0 Å². The van der Waals surface area contributed by atoms with E-state index in [0.717, 1.165) is 19.5 Å². The largest absolute Gasteiger partial charge is 0.255 e. The van der Waals surface area contributed by atoms with Gasteiger partial charge in [-0.05, 0) is 40.8 Å². The molecule has 0 saturated heterocycles. The molecule has 0 fully saturated rings. The van der Waals surface area contributed by atoms with Crippen molar-refractivity contribution >= 4 is 45.1 Å². The van der Waals surface area contributed by atoms with E-state index in [9.17, 15) is 0 Å². The smallest absolute Gasteiger partial charge is 0.0717 e. The van der Waals surface area contributed by atoms with Crippen molar-refractivity contribution in [1.29, 1.82) is 0 Å². The molecule has 0 unspecified atom stereocenters. The second-order valence-corrected chi connectivity index (χ2v) is 4.17. The van der Waals surface area contributed by atoms with E-state index in [-0.39, 0.29) is 0 Å². The van der Waals surface area contributed by atoms with E-state index in [2.05, 4.69) is 33.6 Å². The minimum atomic E-state index is 0.733. The number of pyridine rings is 1. The van der Waals surface area contributed by atoms with Crippen molar-refractivity contribution in [2.24, 2.45) is 0 Å². The first-order chi connectivity index (χ1) is 5.75. The summed E-state index contributed by atoms with van der Waals surface area (Å²) in [4.78, 5) is 4.25. The molecule has 12 heavy (non-hydrogen) atoms. The Morgan fingerprint density at radius 2 is 2.08 bits per heavy atom. The van der Waals surface area contributed by atoms with E-state index in [0.29, 0.717) is 0 Å². The number of hydrogen-bond acceptors (Lipinski definition) is 1. The number of halogens is 2. The van der Waals surface area contributed by atoms with Gasteiger partial charge in [-0.3, -0.25) is 4.98 Å². The first-order valence-corrected chi connectivity index (χ1v) is 4.92. The summed E-state index contributed by atoms with van der Waals surface area (Å²) in [6.45, 7) is 0. The Hall–Kier alpha value is -0.350. The van der Waals surface area contributed by atoms with Gasteiger partial charge in [0, 0.05) is 20.2 Å². The van der Waals surface area contributed by atoms with Gasteiger partial charge >= 0.3 is 0 Å². The van der Waals surface area contributed by atoms with Gasteiger partial charge in [-0.25, -0.2) is 0 Å². The quantitative estimate of drug-likeness (QED) is 0.677. The van der Waals surface area contributed by atoms with Crippen LogP contribution in [-0.2, 0) is 0 Å². The molecule has 0 saturated carbocycles. The van der Waals surface area contributed by atoms with Crippen LogP contribution in [0.3, 0.4) is 0 Å². The number of hydrogen-bond donors (Lipinski definition) is 0. The molecular weight excluding hydrogens is 284 g/mol. The van der Waals surface area contributed by atoms with E-state index in [1.54, 1.807) is 0 Å². The maximum atomic E-state index is 5.82. The van der Waals surface area contributed by atoms with Crippen LogP contribution in [0.1, 0.15) is 0 Å². The average Bonchev–Trinajstić information content (AvgIpc) is 2.05. The van der Waals surface area contributed by atoms with Gasteiger partial charge in [0.05, 0.1) is 5.52 Å². The minimum absolute atomic E-state index is 0.733. The summed E-state index contributed by atoms with van der Waals surface area (Å²) < 4.78 is 1.14. The molecular formula is C9H5ClIN. The first-order valence-electron chi connectivity index (χ1n) is 3.46. The number of fused-ring (bicyclic) bond motifs is 1. The summed E-state index contributed by atoms with van der Waals surface area (Å²) in [6.07, 6.45) is 1.83. The Labute approximate surface area is 88.9 Å². The van der Waals surface area contributed by atoms with Crippen molar-refractivity contribution in [2.45, 2.75) is 0 Å². The summed E-state index contributed by atoms with van der Waals surface area (Å²) in [5, 5.41) is 1.86. The lowest BCUT2D eigenvalue weighted by Crippen LogP contribution is -1.79. The Morgan fingerprint density at radius 3 is 2.92 bits per heavy atom. The molecule has 1 nitrogen and oxygen atoms in total. The molecule has 0 aliphatic heterocycles. The Bertz CT molecular complexity index is 387. The normalized spacial score (nSPS) is 10.5. The van der Waals surface area contributed by atoms with Gasteiger partial charge in [-0.1, -0.05) is 17.7 Å². The van der Waals surface area contributed by atoms with E-state index >= 15 is 0 Å². The second kappa shape index (κ2) is 3.18. The van der Waals surface area contributed by atoms with Crippen LogP contribution in [0.15, 0.2) is 30.5 Å². The van der Waals surface area contributed by atoms with Gasteiger partial charge in [-0.2, -0.15) is 0 Å². The zero-order valence-corrected chi connectivity index (χ0v) is 9.00. The molecule has 2 rings (SSSR count). The van der Waals surface area contributed by atoms with E-state index in [1.165, 1.54) is 0 Å². The molecule has 0 radical (unpaired) electrons. The first kappa shape index (κ1) is 8.26. The van der Waals surface area contributed by atoms with Gasteiger partial charge in [0.1, 0.15) is 0 Å². The fourth-order valence-corrected chi connectivity index (χ4v) is 1.71. The molecule has 0 amide bonds. The summed E-state index contributed by atoms with van der Waals surface area (Å²) in [7, 11) is 0. The van der Waals surface area contributed by atoms with Gasteiger partial charge < -0.3 is 0 Å². The molecule has 3 heteroatoms. The standard InChI is InChI=1S/C9H5ClIN/c10-7-2-1-6-3-8(11)5-12-9(6)4-7/h1-5H. The van der Waals surface area contributed by atoms with Crippen LogP contribution in [0, 0.1) is 3.57 Å². The highest BCUT2D eigenvalue weighted by atomic mass is 127. The molecule has 0 aliphatic carbocycles. The summed E-state index contributed by atoms with van der Waals surface area (Å²) >= 11 is 8.06. The number of aromatic nitrogens is 1. The third-order valence-electron chi connectivity index (χ3n) is 1.61. The van der Waals surface area contributed by atoms with Crippen LogP contribution >= 0.6 is 34.2 Å². The van der Waals surface area contributed by atoms with Crippen LogP contribution in [0.4, 0.5) is 0 Å². The molecule has 1 aromatic carbocycles. The number of benzene rings is 1. The third-order valence-corrected chi connectivity index (χ3v) is 2.44. The van der Waals surface area contributed by atoms with Crippen molar-refractivity contribution in [3.8, 4) is 0 Å². The van der Waals surface area contributed by atoms with Crippen LogP contribution in [-0.4, -0.2) is 4.98 Å². The number of nitrogens with zero attached hydrogens (tertiary/aromatic N) is 1. The molecule has 0 aliphatic rings. The fraction of sp³-hybridized carbons (Fsp3) is 0. The predicted octanol–water partition coefficient (Wildman–Crippen LogP) is 3.49. The SMILES string of the molecule is Clc1ccc2cc(I)cnc2c1. The van der Waals surface area contributed by atoms with Crippen LogP contribution in [0.5, 0.6) is 0 Å². The Kier molecular flexibility index (Phi) is 2.19. The molecule has 1 aromatic heterocycles. The molecule has 2 aromatic rings. The van der Waals surface area contributed by atoms with Crippen LogP contribution < -0.4 is 0 Å². The van der Waals surface area contributed by atoms with Crippen LogP contribution in [0.2, 0.25) is 5.02 Å². The van der Waals surface area contributed by atoms with Crippen molar-refractivity contribution in [1.82, 2.24) is 4.98 Å². The molecule has 60 valence electrons. The minimum Gasteiger partial charge on any atom is -0.255 e. The fourth-order valence-electron chi connectivity index (χ4n) is 1.07. The van der Waals surface area contributed by atoms with Crippen molar-refractivity contribution in [3.05, 3.63) is 39.1 Å². The maximum Gasteiger partial charge on any atom is 0.0717 e. The van der Waals surface area contributed by atoms with E-state index < -0.39 is 0 Å². The highest BCUT2D eigenvalue weighted by Crippen LogP contribution is 2.18. The lowest BCUT2D eigenvalue weighted by atomic mass is 10.2. The van der Waals surface area contributed by atoms with Gasteiger partial charge in [0.2, 0.25) is 0 Å². The second-order valence-electron chi connectivity index (χ2n) is 2.49. The average molecular weight is 290 g/mol. The van der Waals surface area contributed by atoms with Crippen molar-refractivity contribution in [2.75, 3.05) is 0 Å². The number of rotatable bonds is 0. The predicted molar refractivity (Wildman–Crippen MR) is 59.5 cm³/mol. The lowest BCUT2D eigenvalue weighted by molar-refractivity contribution is 1.39. The Balaban J connectivity index is 2.79. The van der Waals surface area contributed by atoms with Crippen molar-refractivity contribution < 1.29 is 0 Å². The lowest BCUT2D eigenvalue weighted by Gasteiger charge is -1.97. The summed E-state index contributed by atoms with van der Waals surface area (Å²) in [5.41, 5.74) is 0.947.